The van der Waals surface area contributed by atoms with Crippen molar-refractivity contribution in [2.24, 2.45) is 0 Å². The van der Waals surface area contributed by atoms with Crippen LogP contribution in [-0.4, -0.2) is 58.3 Å². The molecular weight excluding hydrogens is 413 g/mol. The third-order valence-corrected chi connectivity index (χ3v) is 5.45. The molecule has 0 bridgehead atoms. The standard InChI is InChI=1S/C20H22N2O2.C2HF3O2/c23-19(12-18-8-4-5-10-21-18)22-11-9-20(15-22)13-17(14-24-20)16-6-2-1-3-7-16;3-2(4,5)1(6)7/h1-8,10,17H,9,11-15H2;(H,6,7). The maximum atomic E-state index is 12.5. The quantitative estimate of drug-likeness (QED) is 0.798. The zero-order chi connectivity index (χ0) is 22.5. The molecule has 1 N–H and O–H groups in total. The molecule has 166 valence electrons. The number of pyridine rings is 1. The van der Waals surface area contributed by atoms with Gasteiger partial charge in [0, 0.05) is 30.9 Å². The number of carboxylic acids is 1. The summed E-state index contributed by atoms with van der Waals surface area (Å²) in [5, 5.41) is 7.12. The van der Waals surface area contributed by atoms with Crippen LogP contribution in [0.1, 0.15) is 30.0 Å². The van der Waals surface area contributed by atoms with Crippen LogP contribution in [0.5, 0.6) is 0 Å². The summed E-state index contributed by atoms with van der Waals surface area (Å²) in [4.78, 5) is 27.6. The van der Waals surface area contributed by atoms with E-state index >= 15 is 0 Å². The Kier molecular flexibility index (Phi) is 6.94. The zero-order valence-corrected chi connectivity index (χ0v) is 16.7. The molecule has 2 aliphatic heterocycles. The van der Waals surface area contributed by atoms with Crippen molar-refractivity contribution in [3.8, 4) is 0 Å². The van der Waals surface area contributed by atoms with Crippen LogP contribution in [-0.2, 0) is 20.7 Å². The van der Waals surface area contributed by atoms with Crippen molar-refractivity contribution in [1.29, 1.82) is 0 Å². The number of hydrogen-bond acceptors (Lipinski definition) is 4. The molecule has 9 heteroatoms. The number of carbonyl (C=O) groups excluding carboxylic acids is 1. The highest BCUT2D eigenvalue weighted by atomic mass is 19.4. The lowest BCUT2D eigenvalue weighted by Gasteiger charge is -2.23. The van der Waals surface area contributed by atoms with E-state index in [-0.39, 0.29) is 11.5 Å². The molecule has 2 fully saturated rings. The molecule has 31 heavy (non-hydrogen) atoms. The van der Waals surface area contributed by atoms with Crippen LogP contribution in [0.25, 0.3) is 0 Å². The molecule has 0 radical (unpaired) electrons. The second-order valence-electron chi connectivity index (χ2n) is 7.67. The number of likely N-dealkylation sites (tertiary alicyclic amines) is 1. The number of rotatable bonds is 3. The van der Waals surface area contributed by atoms with Crippen LogP contribution in [0.15, 0.2) is 54.7 Å². The Hall–Kier alpha value is -2.94. The van der Waals surface area contributed by atoms with E-state index in [1.54, 1.807) is 6.20 Å². The summed E-state index contributed by atoms with van der Waals surface area (Å²) in [6.45, 7) is 2.25. The molecular formula is C22H23F3N2O4. The van der Waals surface area contributed by atoms with Crippen LogP contribution in [0.3, 0.4) is 0 Å². The van der Waals surface area contributed by atoms with Gasteiger partial charge in [0.15, 0.2) is 0 Å². The van der Waals surface area contributed by atoms with Gasteiger partial charge in [0.05, 0.1) is 18.6 Å². The van der Waals surface area contributed by atoms with Crippen LogP contribution in [0.2, 0.25) is 0 Å². The maximum Gasteiger partial charge on any atom is 0.490 e. The second kappa shape index (κ2) is 9.47. The monoisotopic (exact) mass is 436 g/mol. The van der Waals surface area contributed by atoms with Gasteiger partial charge in [-0.1, -0.05) is 36.4 Å². The van der Waals surface area contributed by atoms with Gasteiger partial charge in [-0.25, -0.2) is 4.79 Å². The van der Waals surface area contributed by atoms with Crippen molar-refractivity contribution in [2.45, 2.75) is 37.0 Å². The Balaban J connectivity index is 0.000000339. The molecule has 4 rings (SSSR count). The number of alkyl halides is 3. The summed E-state index contributed by atoms with van der Waals surface area (Å²) in [6.07, 6.45) is -1.04. The van der Waals surface area contributed by atoms with Crippen molar-refractivity contribution < 1.29 is 32.6 Å². The van der Waals surface area contributed by atoms with Gasteiger partial charge >= 0.3 is 12.1 Å². The summed E-state index contributed by atoms with van der Waals surface area (Å²) < 4.78 is 37.9. The Morgan fingerprint density at radius 1 is 1.16 bits per heavy atom. The maximum absolute atomic E-state index is 12.5. The highest BCUT2D eigenvalue weighted by Crippen LogP contribution is 2.42. The average Bonchev–Trinajstić information content (AvgIpc) is 3.36. The fourth-order valence-corrected chi connectivity index (χ4v) is 3.89. The number of hydrogen-bond donors (Lipinski definition) is 1. The van der Waals surface area contributed by atoms with Crippen molar-refractivity contribution in [1.82, 2.24) is 9.88 Å². The molecule has 6 nitrogen and oxygen atoms in total. The van der Waals surface area contributed by atoms with Gasteiger partial charge in [0.25, 0.3) is 0 Å². The molecule has 1 amide bonds. The first-order valence-electron chi connectivity index (χ1n) is 9.85. The molecule has 1 aromatic carbocycles. The predicted molar refractivity (Wildman–Crippen MR) is 105 cm³/mol. The molecule has 2 atom stereocenters. The van der Waals surface area contributed by atoms with Gasteiger partial charge in [-0.05, 0) is 30.5 Å². The van der Waals surface area contributed by atoms with E-state index in [2.05, 4.69) is 29.2 Å². The van der Waals surface area contributed by atoms with Gasteiger partial charge in [-0.2, -0.15) is 13.2 Å². The summed E-state index contributed by atoms with van der Waals surface area (Å²) in [6, 6.07) is 16.2. The molecule has 2 unspecified atom stereocenters. The minimum Gasteiger partial charge on any atom is -0.475 e. The lowest BCUT2D eigenvalue weighted by Crippen LogP contribution is -2.36. The van der Waals surface area contributed by atoms with E-state index < -0.39 is 12.1 Å². The smallest absolute Gasteiger partial charge is 0.475 e. The predicted octanol–water partition coefficient (Wildman–Crippen LogP) is 3.43. The van der Waals surface area contributed by atoms with Crippen LogP contribution in [0, 0.1) is 0 Å². The van der Waals surface area contributed by atoms with Crippen molar-refractivity contribution in [2.75, 3.05) is 19.7 Å². The highest BCUT2D eigenvalue weighted by Gasteiger charge is 2.46. The number of ether oxygens (including phenoxy) is 1. The number of carboxylic acid groups (broad SMARTS) is 1. The second-order valence-corrected chi connectivity index (χ2v) is 7.67. The summed E-state index contributed by atoms with van der Waals surface area (Å²) in [5.41, 5.74) is 2.02. The average molecular weight is 436 g/mol. The first kappa shape index (κ1) is 22.7. The fourth-order valence-electron chi connectivity index (χ4n) is 3.89. The van der Waals surface area contributed by atoms with E-state index in [1.165, 1.54) is 5.56 Å². The fraction of sp³-hybridized carbons (Fsp3) is 0.409. The number of carbonyl (C=O) groups is 2. The van der Waals surface area contributed by atoms with Crippen molar-refractivity contribution in [3.05, 3.63) is 66.0 Å². The largest absolute Gasteiger partial charge is 0.490 e. The molecule has 0 saturated carbocycles. The van der Waals surface area contributed by atoms with E-state index in [9.17, 15) is 18.0 Å². The number of aromatic nitrogens is 1. The Bertz CT molecular complexity index is 893. The SMILES string of the molecule is O=C(Cc1ccccn1)N1CCC2(CC(c3ccccc3)CO2)C1.O=C(O)C(F)(F)F. The Morgan fingerprint density at radius 3 is 2.45 bits per heavy atom. The van der Waals surface area contributed by atoms with Crippen LogP contribution >= 0.6 is 0 Å². The first-order chi connectivity index (χ1) is 14.7. The molecule has 3 heterocycles. The molecule has 2 aliphatic rings. The zero-order valence-electron chi connectivity index (χ0n) is 16.7. The Labute approximate surface area is 177 Å². The number of nitrogens with zero attached hydrogens (tertiary/aromatic N) is 2. The minimum absolute atomic E-state index is 0.150. The summed E-state index contributed by atoms with van der Waals surface area (Å²) in [7, 11) is 0. The number of benzene rings is 1. The summed E-state index contributed by atoms with van der Waals surface area (Å²) >= 11 is 0. The minimum atomic E-state index is -5.08. The molecule has 2 aromatic rings. The number of halogens is 3. The van der Waals surface area contributed by atoms with Crippen LogP contribution < -0.4 is 0 Å². The number of amides is 1. The van der Waals surface area contributed by atoms with Gasteiger partial charge < -0.3 is 14.7 Å². The topological polar surface area (TPSA) is 79.7 Å². The molecule has 1 spiro atoms. The van der Waals surface area contributed by atoms with Gasteiger partial charge in [-0.3, -0.25) is 9.78 Å². The van der Waals surface area contributed by atoms with Gasteiger partial charge in [0.1, 0.15) is 0 Å². The molecule has 2 saturated heterocycles. The summed E-state index contributed by atoms with van der Waals surface area (Å²) in [5.74, 6) is -2.16. The van der Waals surface area contributed by atoms with E-state index in [4.69, 9.17) is 14.6 Å². The van der Waals surface area contributed by atoms with E-state index in [1.807, 2.05) is 29.2 Å². The molecule has 0 aliphatic carbocycles. The van der Waals surface area contributed by atoms with E-state index in [0.717, 1.165) is 31.7 Å². The van der Waals surface area contributed by atoms with Crippen molar-refractivity contribution >= 4 is 11.9 Å². The lowest BCUT2D eigenvalue weighted by atomic mass is 9.89. The number of aliphatic carboxylic acids is 1. The third-order valence-electron chi connectivity index (χ3n) is 5.45. The first-order valence-corrected chi connectivity index (χ1v) is 9.85. The van der Waals surface area contributed by atoms with Gasteiger partial charge in [-0.15, -0.1) is 0 Å². The highest BCUT2D eigenvalue weighted by molar-refractivity contribution is 5.78. The van der Waals surface area contributed by atoms with E-state index in [0.29, 0.717) is 18.9 Å². The Morgan fingerprint density at radius 2 is 1.84 bits per heavy atom. The third kappa shape index (κ3) is 6.04. The molecule has 1 aromatic heterocycles. The van der Waals surface area contributed by atoms with Crippen LogP contribution in [0.4, 0.5) is 13.2 Å². The van der Waals surface area contributed by atoms with Crippen molar-refractivity contribution in [3.63, 3.8) is 0 Å². The normalized spacial score (nSPS) is 22.8. The van der Waals surface area contributed by atoms with Gasteiger partial charge in [0.2, 0.25) is 5.91 Å². The lowest BCUT2D eigenvalue weighted by molar-refractivity contribution is -0.192.